The fraction of sp³-hybridized carbons (Fsp3) is 0. The van der Waals surface area contributed by atoms with E-state index >= 15 is 0 Å². The number of halogens is 1. The number of nitrogens with zero attached hydrogens (tertiary/aromatic N) is 3. The van der Waals surface area contributed by atoms with E-state index in [4.69, 9.17) is 16.7 Å². The molecular weight excluding hydrogens is 300 g/mol. The van der Waals surface area contributed by atoms with E-state index in [-0.39, 0.29) is 5.69 Å². The second-order valence-corrected chi connectivity index (χ2v) is 4.83. The predicted molar refractivity (Wildman–Crippen MR) is 76.9 cm³/mol. The van der Waals surface area contributed by atoms with Gasteiger partial charge < -0.3 is 10.4 Å². The summed E-state index contributed by atoms with van der Waals surface area (Å²) < 4.78 is 8.30. The maximum Gasteiger partial charge on any atom is 0.354 e. The number of aromatic carboxylic acids is 1. The van der Waals surface area contributed by atoms with Crippen molar-refractivity contribution in [1.29, 1.82) is 0 Å². The summed E-state index contributed by atoms with van der Waals surface area (Å²) in [7, 11) is 0. The highest BCUT2D eigenvalue weighted by atomic mass is 35.5. The van der Waals surface area contributed by atoms with Crippen molar-refractivity contribution in [2.24, 2.45) is 0 Å². The van der Waals surface area contributed by atoms with Gasteiger partial charge in [-0.25, -0.2) is 9.78 Å². The van der Waals surface area contributed by atoms with Crippen molar-refractivity contribution in [3.63, 3.8) is 0 Å². The lowest BCUT2D eigenvalue weighted by Gasteiger charge is -2.08. The highest BCUT2D eigenvalue weighted by Gasteiger charge is 2.12. The number of rotatable bonds is 3. The first kappa shape index (κ1) is 12.8. The van der Waals surface area contributed by atoms with Crippen molar-refractivity contribution in [2.75, 3.05) is 5.32 Å². The normalized spacial score (nSPS) is 10.7. The molecule has 0 saturated heterocycles. The molecule has 8 heteroatoms. The molecule has 2 aromatic heterocycles. The van der Waals surface area contributed by atoms with Gasteiger partial charge in [-0.1, -0.05) is 17.7 Å². The lowest BCUT2D eigenvalue weighted by Crippen LogP contribution is -2.03. The summed E-state index contributed by atoms with van der Waals surface area (Å²) in [5.41, 5.74) is 1.86. The highest BCUT2D eigenvalue weighted by Crippen LogP contribution is 2.31. The van der Waals surface area contributed by atoms with Crippen LogP contribution in [-0.4, -0.2) is 24.8 Å². The van der Waals surface area contributed by atoms with Crippen LogP contribution in [0.2, 0.25) is 5.02 Å². The number of anilines is 2. The third kappa shape index (κ3) is 2.28. The molecule has 6 nitrogen and oxygen atoms in total. The van der Waals surface area contributed by atoms with Gasteiger partial charge in [-0.15, -0.1) is 0 Å². The molecule has 2 N–H and O–H groups in total. The smallest absolute Gasteiger partial charge is 0.354 e. The quantitative estimate of drug-likeness (QED) is 0.772. The highest BCUT2D eigenvalue weighted by molar-refractivity contribution is 7.00. The molecule has 2 heterocycles. The largest absolute Gasteiger partial charge is 0.477 e. The number of aromatic nitrogens is 3. The number of fused-ring (bicyclic) bond motifs is 1. The van der Waals surface area contributed by atoms with E-state index in [1.807, 2.05) is 0 Å². The van der Waals surface area contributed by atoms with Gasteiger partial charge in [-0.2, -0.15) is 8.75 Å². The van der Waals surface area contributed by atoms with Crippen molar-refractivity contribution in [3.05, 3.63) is 41.0 Å². The number of nitrogens with one attached hydrogen (secondary N) is 1. The number of hydrogen-bond donors (Lipinski definition) is 2. The summed E-state index contributed by atoms with van der Waals surface area (Å²) in [6.45, 7) is 0. The Hall–Kier alpha value is -2.25. The zero-order valence-corrected chi connectivity index (χ0v) is 11.4. The van der Waals surface area contributed by atoms with Crippen molar-refractivity contribution >= 4 is 51.8 Å². The zero-order valence-electron chi connectivity index (χ0n) is 9.87. The summed E-state index contributed by atoms with van der Waals surface area (Å²) in [6.07, 6.45) is 0. The van der Waals surface area contributed by atoms with Crippen molar-refractivity contribution in [2.45, 2.75) is 0 Å². The molecular formula is C12H7ClN4O2S. The van der Waals surface area contributed by atoms with E-state index in [1.54, 1.807) is 24.3 Å². The van der Waals surface area contributed by atoms with Crippen LogP contribution in [0.4, 0.5) is 11.5 Å². The molecule has 0 spiro atoms. The number of pyridine rings is 1. The zero-order chi connectivity index (χ0) is 14.1. The summed E-state index contributed by atoms with van der Waals surface area (Å²) in [6, 6.07) is 8.15. The monoisotopic (exact) mass is 306 g/mol. The number of carboxylic acid groups (broad SMARTS) is 1. The van der Waals surface area contributed by atoms with E-state index in [1.165, 1.54) is 6.07 Å². The average Bonchev–Trinajstić information content (AvgIpc) is 2.91. The van der Waals surface area contributed by atoms with E-state index in [0.29, 0.717) is 22.0 Å². The van der Waals surface area contributed by atoms with Gasteiger partial charge in [0.1, 0.15) is 16.9 Å². The molecule has 3 aromatic rings. The summed E-state index contributed by atoms with van der Waals surface area (Å²) in [5, 5.41) is 12.4. The average molecular weight is 307 g/mol. The minimum Gasteiger partial charge on any atom is -0.477 e. The van der Waals surface area contributed by atoms with Gasteiger partial charge in [0.15, 0.2) is 5.69 Å². The van der Waals surface area contributed by atoms with Crippen LogP contribution < -0.4 is 5.32 Å². The molecule has 3 rings (SSSR count). The standard InChI is InChI=1S/C12H7ClN4O2S/c13-6-4-5-7-11(17-20-16-7)10(6)15-9-3-1-2-8(14-9)12(18)19/h1-5H,(H,14,15)(H,18,19). The van der Waals surface area contributed by atoms with Gasteiger partial charge in [0.2, 0.25) is 0 Å². The van der Waals surface area contributed by atoms with Crippen LogP contribution in [0.15, 0.2) is 30.3 Å². The van der Waals surface area contributed by atoms with Crippen LogP contribution >= 0.6 is 23.3 Å². The Morgan fingerprint density at radius 3 is 2.90 bits per heavy atom. The Bertz CT molecular complexity index is 805. The molecule has 0 amide bonds. The van der Waals surface area contributed by atoms with E-state index in [2.05, 4.69) is 19.0 Å². The number of carboxylic acids is 1. The van der Waals surface area contributed by atoms with Crippen LogP contribution in [0.3, 0.4) is 0 Å². The lowest BCUT2D eigenvalue weighted by molar-refractivity contribution is 0.0690. The van der Waals surface area contributed by atoms with Gasteiger partial charge in [0.25, 0.3) is 0 Å². The maximum atomic E-state index is 10.9. The topological polar surface area (TPSA) is 88.0 Å². The Labute approximate surface area is 122 Å². The predicted octanol–water partition coefficient (Wildman–Crippen LogP) is 3.18. The molecule has 0 fully saturated rings. The number of carbonyl (C=O) groups is 1. The van der Waals surface area contributed by atoms with Crippen LogP contribution in [0.5, 0.6) is 0 Å². The van der Waals surface area contributed by atoms with Crippen LogP contribution in [0.1, 0.15) is 10.5 Å². The first-order valence-corrected chi connectivity index (χ1v) is 6.64. The minimum atomic E-state index is -1.09. The van der Waals surface area contributed by atoms with E-state index < -0.39 is 5.97 Å². The van der Waals surface area contributed by atoms with E-state index in [0.717, 1.165) is 17.2 Å². The first-order chi connectivity index (χ1) is 9.65. The second-order valence-electron chi connectivity index (χ2n) is 3.89. The Balaban J connectivity index is 2.05. The molecule has 0 atom stereocenters. The van der Waals surface area contributed by atoms with Gasteiger partial charge in [0, 0.05) is 0 Å². The SMILES string of the molecule is O=C(O)c1cccc(Nc2c(Cl)ccc3nsnc23)n1. The summed E-state index contributed by atoms with van der Waals surface area (Å²) >= 11 is 7.22. The maximum absolute atomic E-state index is 10.9. The van der Waals surface area contributed by atoms with Crippen molar-refractivity contribution < 1.29 is 9.90 Å². The molecule has 0 radical (unpaired) electrons. The minimum absolute atomic E-state index is 0.0466. The van der Waals surface area contributed by atoms with Gasteiger partial charge >= 0.3 is 5.97 Å². The van der Waals surface area contributed by atoms with Crippen LogP contribution in [-0.2, 0) is 0 Å². The summed E-state index contributed by atoms with van der Waals surface area (Å²) in [5.74, 6) is -0.708. The fourth-order valence-electron chi connectivity index (χ4n) is 1.70. The molecule has 0 bridgehead atoms. The molecule has 0 unspecified atom stereocenters. The van der Waals surface area contributed by atoms with Crippen LogP contribution in [0.25, 0.3) is 11.0 Å². The van der Waals surface area contributed by atoms with Gasteiger partial charge in [-0.3, -0.25) is 0 Å². The van der Waals surface area contributed by atoms with E-state index in [9.17, 15) is 4.79 Å². The second kappa shape index (κ2) is 5.03. The fourth-order valence-corrected chi connectivity index (χ4v) is 2.44. The molecule has 100 valence electrons. The lowest BCUT2D eigenvalue weighted by atomic mass is 10.2. The molecule has 0 saturated carbocycles. The van der Waals surface area contributed by atoms with Crippen molar-refractivity contribution in [1.82, 2.24) is 13.7 Å². The molecule has 0 aliphatic carbocycles. The molecule has 1 aromatic carbocycles. The van der Waals surface area contributed by atoms with Crippen molar-refractivity contribution in [3.8, 4) is 0 Å². The Morgan fingerprint density at radius 2 is 2.10 bits per heavy atom. The summed E-state index contributed by atoms with van der Waals surface area (Å²) in [4.78, 5) is 14.9. The first-order valence-electron chi connectivity index (χ1n) is 5.53. The molecule has 0 aliphatic heterocycles. The van der Waals surface area contributed by atoms with Crippen LogP contribution in [0, 0.1) is 0 Å². The van der Waals surface area contributed by atoms with Gasteiger partial charge in [-0.05, 0) is 24.3 Å². The number of hydrogen-bond acceptors (Lipinski definition) is 6. The third-order valence-electron chi connectivity index (χ3n) is 2.60. The molecule has 0 aliphatic rings. The van der Waals surface area contributed by atoms with Gasteiger partial charge in [0.05, 0.1) is 22.4 Å². The third-order valence-corrected chi connectivity index (χ3v) is 3.46. The Kier molecular flexibility index (Phi) is 3.21. The molecule has 20 heavy (non-hydrogen) atoms. The number of benzene rings is 1. The Morgan fingerprint density at radius 1 is 1.25 bits per heavy atom.